The van der Waals surface area contributed by atoms with Gasteiger partial charge in [-0.2, -0.15) is 0 Å². The SMILES string of the molecule is O=C(Cc1csc(-c2cccs2)n1)Nc1ccccc1Br. The second kappa shape index (κ2) is 6.51. The molecule has 0 saturated carbocycles. The minimum absolute atomic E-state index is 0.0649. The average Bonchev–Trinajstić information content (AvgIpc) is 3.12. The van der Waals surface area contributed by atoms with Crippen molar-refractivity contribution in [2.75, 3.05) is 5.32 Å². The average molecular weight is 379 g/mol. The van der Waals surface area contributed by atoms with Crippen LogP contribution in [0.4, 0.5) is 5.69 Å². The molecule has 0 bridgehead atoms. The number of nitrogens with zero attached hydrogens (tertiary/aromatic N) is 1. The van der Waals surface area contributed by atoms with E-state index in [1.54, 1.807) is 22.7 Å². The van der Waals surface area contributed by atoms with Gasteiger partial charge in [0.1, 0.15) is 5.01 Å². The summed E-state index contributed by atoms with van der Waals surface area (Å²) in [6.07, 6.45) is 0.281. The van der Waals surface area contributed by atoms with Crippen LogP contribution in [0.1, 0.15) is 5.69 Å². The van der Waals surface area contributed by atoms with Crippen LogP contribution in [0, 0.1) is 0 Å². The summed E-state index contributed by atoms with van der Waals surface area (Å²) in [6.45, 7) is 0. The van der Waals surface area contributed by atoms with Crippen molar-refractivity contribution in [3.05, 3.63) is 57.3 Å². The molecule has 21 heavy (non-hydrogen) atoms. The third-order valence-corrected chi connectivity index (χ3v) is 5.40. The van der Waals surface area contributed by atoms with Gasteiger partial charge >= 0.3 is 0 Å². The predicted molar refractivity (Wildman–Crippen MR) is 91.9 cm³/mol. The van der Waals surface area contributed by atoms with Crippen LogP contribution in [0.15, 0.2) is 51.6 Å². The monoisotopic (exact) mass is 378 g/mol. The first kappa shape index (κ1) is 14.4. The molecule has 2 aromatic heterocycles. The predicted octanol–water partition coefficient (Wildman–Crippen LogP) is 4.82. The molecule has 1 N–H and O–H groups in total. The van der Waals surface area contributed by atoms with Gasteiger partial charge in [0, 0.05) is 9.85 Å². The number of thiophene rings is 1. The first-order valence-electron chi connectivity index (χ1n) is 6.25. The molecular formula is C15H11BrN2OS2. The van der Waals surface area contributed by atoms with E-state index in [0.29, 0.717) is 0 Å². The van der Waals surface area contributed by atoms with Crippen molar-refractivity contribution in [2.45, 2.75) is 6.42 Å². The standard InChI is InChI=1S/C15H11BrN2OS2/c16-11-4-1-2-5-12(11)18-14(19)8-10-9-21-15(17-10)13-6-3-7-20-13/h1-7,9H,8H2,(H,18,19). The Bertz CT molecular complexity index is 753. The zero-order chi connectivity index (χ0) is 14.7. The highest BCUT2D eigenvalue weighted by Gasteiger charge is 2.10. The van der Waals surface area contributed by atoms with Crippen molar-refractivity contribution in [2.24, 2.45) is 0 Å². The summed E-state index contributed by atoms with van der Waals surface area (Å²) in [6, 6.07) is 11.6. The van der Waals surface area contributed by atoms with Crippen molar-refractivity contribution < 1.29 is 4.79 Å². The molecule has 6 heteroatoms. The molecule has 3 rings (SSSR count). The van der Waals surface area contributed by atoms with E-state index in [4.69, 9.17) is 0 Å². The number of anilines is 1. The van der Waals surface area contributed by atoms with Crippen molar-refractivity contribution in [1.82, 2.24) is 4.98 Å². The third kappa shape index (κ3) is 3.58. The van der Waals surface area contributed by atoms with Gasteiger partial charge in [0.15, 0.2) is 0 Å². The lowest BCUT2D eigenvalue weighted by Crippen LogP contribution is -2.14. The highest BCUT2D eigenvalue weighted by atomic mass is 79.9. The Morgan fingerprint density at radius 3 is 2.81 bits per heavy atom. The molecule has 0 unspecified atom stereocenters. The number of aromatic nitrogens is 1. The molecule has 0 aliphatic rings. The lowest BCUT2D eigenvalue weighted by Gasteiger charge is -2.05. The number of carbonyl (C=O) groups excluding carboxylic acids is 1. The molecule has 0 radical (unpaired) electrons. The van der Waals surface area contributed by atoms with Gasteiger partial charge < -0.3 is 5.32 Å². The molecule has 0 fully saturated rings. The largest absolute Gasteiger partial charge is 0.325 e. The van der Waals surface area contributed by atoms with E-state index in [0.717, 1.165) is 25.7 Å². The fraction of sp³-hybridized carbons (Fsp3) is 0.0667. The second-order valence-electron chi connectivity index (χ2n) is 4.33. The number of halogens is 1. The zero-order valence-electron chi connectivity index (χ0n) is 10.9. The Labute approximate surface area is 138 Å². The summed E-state index contributed by atoms with van der Waals surface area (Å²) in [7, 11) is 0. The summed E-state index contributed by atoms with van der Waals surface area (Å²) >= 11 is 6.64. The van der Waals surface area contributed by atoms with Crippen LogP contribution in [0.5, 0.6) is 0 Å². The number of hydrogen-bond acceptors (Lipinski definition) is 4. The normalized spacial score (nSPS) is 10.5. The van der Waals surface area contributed by atoms with Crippen LogP contribution in [-0.2, 0) is 11.2 Å². The lowest BCUT2D eigenvalue weighted by atomic mass is 10.3. The van der Waals surface area contributed by atoms with Gasteiger partial charge in [-0.1, -0.05) is 18.2 Å². The highest BCUT2D eigenvalue weighted by molar-refractivity contribution is 9.10. The van der Waals surface area contributed by atoms with Crippen LogP contribution in [0.2, 0.25) is 0 Å². The van der Waals surface area contributed by atoms with Gasteiger partial charge in [-0.05, 0) is 39.5 Å². The summed E-state index contributed by atoms with van der Waals surface area (Å²) in [5.74, 6) is -0.0649. The van der Waals surface area contributed by atoms with Gasteiger partial charge in [-0.3, -0.25) is 4.79 Å². The van der Waals surface area contributed by atoms with Crippen LogP contribution >= 0.6 is 38.6 Å². The van der Waals surface area contributed by atoms with Gasteiger partial charge in [0.25, 0.3) is 0 Å². The van der Waals surface area contributed by atoms with E-state index < -0.39 is 0 Å². The molecule has 0 aliphatic heterocycles. The van der Waals surface area contributed by atoms with Crippen molar-refractivity contribution in [3.8, 4) is 9.88 Å². The lowest BCUT2D eigenvalue weighted by molar-refractivity contribution is -0.115. The summed E-state index contributed by atoms with van der Waals surface area (Å²) in [4.78, 5) is 17.7. The third-order valence-electron chi connectivity index (χ3n) is 2.77. The Kier molecular flexibility index (Phi) is 4.48. The minimum atomic E-state index is -0.0649. The number of nitrogens with one attached hydrogen (secondary N) is 1. The second-order valence-corrected chi connectivity index (χ2v) is 6.99. The molecule has 106 valence electrons. The number of benzene rings is 1. The molecule has 3 nitrogen and oxygen atoms in total. The van der Waals surface area contributed by atoms with Crippen LogP contribution in [0.25, 0.3) is 9.88 Å². The Balaban J connectivity index is 1.67. The Hall–Kier alpha value is -1.50. The van der Waals surface area contributed by atoms with E-state index in [1.165, 1.54) is 0 Å². The van der Waals surface area contributed by atoms with E-state index >= 15 is 0 Å². The summed E-state index contributed by atoms with van der Waals surface area (Å²) < 4.78 is 0.871. The molecule has 0 aliphatic carbocycles. The fourth-order valence-electron chi connectivity index (χ4n) is 1.82. The zero-order valence-corrected chi connectivity index (χ0v) is 14.1. The maximum absolute atomic E-state index is 12.1. The number of amides is 1. The number of rotatable bonds is 4. The maximum atomic E-state index is 12.1. The quantitative estimate of drug-likeness (QED) is 0.707. The number of para-hydroxylation sites is 1. The van der Waals surface area contributed by atoms with E-state index in [9.17, 15) is 4.79 Å². The molecule has 0 atom stereocenters. The molecular weight excluding hydrogens is 368 g/mol. The number of hydrogen-bond donors (Lipinski definition) is 1. The van der Waals surface area contributed by atoms with Crippen molar-refractivity contribution in [3.63, 3.8) is 0 Å². The van der Waals surface area contributed by atoms with E-state index in [-0.39, 0.29) is 12.3 Å². The Morgan fingerprint density at radius 2 is 2.05 bits per heavy atom. The van der Waals surface area contributed by atoms with Gasteiger partial charge in [-0.25, -0.2) is 4.98 Å². The first-order chi connectivity index (χ1) is 10.2. The van der Waals surface area contributed by atoms with Crippen LogP contribution in [0.3, 0.4) is 0 Å². The summed E-state index contributed by atoms with van der Waals surface area (Å²) in [5.41, 5.74) is 1.57. The smallest absolute Gasteiger partial charge is 0.230 e. The first-order valence-corrected chi connectivity index (χ1v) is 8.80. The minimum Gasteiger partial charge on any atom is -0.325 e. The van der Waals surface area contributed by atoms with Gasteiger partial charge in [0.05, 0.1) is 22.7 Å². The van der Waals surface area contributed by atoms with Crippen molar-refractivity contribution in [1.29, 1.82) is 0 Å². The molecule has 0 spiro atoms. The topological polar surface area (TPSA) is 42.0 Å². The van der Waals surface area contributed by atoms with Gasteiger partial charge in [0.2, 0.25) is 5.91 Å². The van der Waals surface area contributed by atoms with Crippen molar-refractivity contribution >= 4 is 50.2 Å². The molecule has 2 heterocycles. The molecule has 3 aromatic rings. The molecule has 1 amide bonds. The highest BCUT2D eigenvalue weighted by Crippen LogP contribution is 2.28. The maximum Gasteiger partial charge on any atom is 0.230 e. The van der Waals surface area contributed by atoms with Crippen LogP contribution < -0.4 is 5.32 Å². The number of thiazole rings is 1. The van der Waals surface area contributed by atoms with Crippen LogP contribution in [-0.4, -0.2) is 10.9 Å². The number of carbonyl (C=O) groups is 1. The van der Waals surface area contributed by atoms with E-state index in [2.05, 4.69) is 26.2 Å². The van der Waals surface area contributed by atoms with E-state index in [1.807, 2.05) is 47.2 Å². The molecule has 0 saturated heterocycles. The van der Waals surface area contributed by atoms with Gasteiger partial charge in [-0.15, -0.1) is 22.7 Å². The summed E-state index contributed by atoms with van der Waals surface area (Å²) in [5, 5.41) is 7.81. The fourth-order valence-corrected chi connectivity index (χ4v) is 3.84. The Morgan fingerprint density at radius 1 is 1.19 bits per heavy atom. The molecule has 1 aromatic carbocycles.